The van der Waals surface area contributed by atoms with Gasteiger partial charge in [-0.3, -0.25) is 4.79 Å². The van der Waals surface area contributed by atoms with Gasteiger partial charge in [-0.15, -0.1) is 0 Å². The maximum absolute atomic E-state index is 11.1. The number of hydrogen-bond acceptors (Lipinski definition) is 7. The number of aromatic nitrogens is 3. The zero-order chi connectivity index (χ0) is 22.0. The fourth-order valence-electron chi connectivity index (χ4n) is 3.60. The zero-order valence-electron chi connectivity index (χ0n) is 17.2. The van der Waals surface area contributed by atoms with Crippen molar-refractivity contribution in [1.29, 1.82) is 0 Å². The second-order valence-electron chi connectivity index (χ2n) is 7.87. The molecule has 2 aromatic heterocycles. The molecular weight excluding hydrogens is 443 g/mol. The van der Waals surface area contributed by atoms with Crippen molar-refractivity contribution in [3.8, 4) is 28.7 Å². The van der Waals surface area contributed by atoms with E-state index in [1.807, 2.05) is 38.1 Å². The quantitative estimate of drug-likeness (QED) is 0.497. The van der Waals surface area contributed by atoms with Gasteiger partial charge in [0.25, 0.3) is 5.89 Å². The van der Waals surface area contributed by atoms with Gasteiger partial charge >= 0.3 is 35.5 Å². The Bertz CT molecular complexity index is 1070. The second kappa shape index (κ2) is 10.7. The number of rotatable bonds is 7. The number of nitrogens with zero attached hydrogens (tertiary/aromatic N) is 3. The van der Waals surface area contributed by atoms with E-state index in [1.165, 1.54) is 0 Å². The molecule has 1 fully saturated rings. The van der Waals surface area contributed by atoms with E-state index in [4.69, 9.17) is 26.0 Å². The fraction of sp³-hybridized carbons (Fsp3) is 0.364. The first-order valence-electron chi connectivity index (χ1n) is 10.1. The van der Waals surface area contributed by atoms with E-state index in [-0.39, 0.29) is 47.6 Å². The van der Waals surface area contributed by atoms with Gasteiger partial charge in [-0.05, 0) is 63.4 Å². The van der Waals surface area contributed by atoms with E-state index >= 15 is 0 Å². The topological polar surface area (TPSA) is 110 Å². The third-order valence-electron chi connectivity index (χ3n) is 5.12. The zero-order valence-corrected chi connectivity index (χ0v) is 18.0. The van der Waals surface area contributed by atoms with Gasteiger partial charge in [0.1, 0.15) is 5.02 Å². The Morgan fingerprint density at radius 1 is 1.25 bits per heavy atom. The predicted molar refractivity (Wildman–Crippen MR) is 123 cm³/mol. The molecule has 0 radical (unpaired) electrons. The molecule has 1 aromatic carbocycles. The monoisotopic (exact) mass is 466 g/mol. The Labute approximate surface area is 213 Å². The van der Waals surface area contributed by atoms with Gasteiger partial charge in [0.05, 0.1) is 17.6 Å². The van der Waals surface area contributed by atoms with E-state index in [9.17, 15) is 4.79 Å². The van der Waals surface area contributed by atoms with Crippen LogP contribution in [0.25, 0.3) is 22.8 Å². The van der Waals surface area contributed by atoms with Gasteiger partial charge in [-0.1, -0.05) is 16.8 Å². The average molecular weight is 467 g/mol. The summed E-state index contributed by atoms with van der Waals surface area (Å²) in [7, 11) is 0. The van der Waals surface area contributed by atoms with Gasteiger partial charge in [0, 0.05) is 23.5 Å². The molecule has 1 aliphatic carbocycles. The predicted octanol–water partition coefficient (Wildman–Crippen LogP) is 4.26. The summed E-state index contributed by atoms with van der Waals surface area (Å²) in [5.41, 5.74) is 2.33. The molecule has 2 atom stereocenters. The molecule has 10 heteroatoms. The summed E-state index contributed by atoms with van der Waals surface area (Å²) in [5.74, 6) is 0.148. The van der Waals surface area contributed by atoms with Crippen LogP contribution in [0.2, 0.25) is 5.02 Å². The third-order valence-corrected chi connectivity index (χ3v) is 5.39. The van der Waals surface area contributed by atoms with E-state index in [0.717, 1.165) is 17.7 Å². The molecular formula is C22H24ClN4NaO4. The standard InChI is InChI=1S/C22H23ClN4O4.Na.H/c1-12(2)30-21-18(23)10-15(11-24-21)20-26-19(27-31-20)13-3-6-16(7-4-13)25-17-8-5-14(9-17)22(28)29;;/h3-4,6-7,10-12,14,17,25H,5,8-9H2,1-2H3,(H,28,29);;/t14-,17+;;/m1../s1. The Morgan fingerprint density at radius 2 is 2.00 bits per heavy atom. The van der Waals surface area contributed by atoms with Crippen molar-refractivity contribution in [3.63, 3.8) is 0 Å². The molecule has 2 heterocycles. The summed E-state index contributed by atoms with van der Waals surface area (Å²) in [6, 6.07) is 9.49. The minimum atomic E-state index is -0.717. The maximum atomic E-state index is 11.1. The van der Waals surface area contributed by atoms with Crippen molar-refractivity contribution in [1.82, 2.24) is 15.1 Å². The summed E-state index contributed by atoms with van der Waals surface area (Å²) in [4.78, 5) is 19.8. The number of anilines is 1. The van der Waals surface area contributed by atoms with Crippen molar-refractivity contribution in [3.05, 3.63) is 41.6 Å². The summed E-state index contributed by atoms with van der Waals surface area (Å²) in [5, 5.41) is 17.0. The summed E-state index contributed by atoms with van der Waals surface area (Å²) >= 11 is 6.24. The van der Waals surface area contributed by atoms with E-state index in [1.54, 1.807) is 12.3 Å². The molecule has 8 nitrogen and oxygen atoms in total. The Morgan fingerprint density at radius 3 is 2.62 bits per heavy atom. The van der Waals surface area contributed by atoms with Crippen LogP contribution in [0.4, 0.5) is 5.69 Å². The van der Waals surface area contributed by atoms with Gasteiger partial charge in [-0.2, -0.15) is 4.98 Å². The second-order valence-corrected chi connectivity index (χ2v) is 8.27. The van der Waals surface area contributed by atoms with Gasteiger partial charge in [0.2, 0.25) is 11.7 Å². The van der Waals surface area contributed by atoms with Crippen LogP contribution in [0.3, 0.4) is 0 Å². The number of nitrogens with one attached hydrogen (secondary N) is 1. The molecule has 0 saturated heterocycles. The van der Waals surface area contributed by atoms with Gasteiger partial charge in [0.15, 0.2) is 0 Å². The summed E-state index contributed by atoms with van der Waals surface area (Å²) in [6.45, 7) is 3.80. The number of halogens is 1. The van der Waals surface area contributed by atoms with Crippen LogP contribution < -0.4 is 10.1 Å². The number of carboxylic acid groups (broad SMARTS) is 1. The number of ether oxygens (including phenoxy) is 1. The molecule has 3 aromatic rings. The molecule has 1 aliphatic rings. The van der Waals surface area contributed by atoms with Crippen molar-refractivity contribution < 1.29 is 19.2 Å². The number of pyridine rings is 1. The van der Waals surface area contributed by atoms with Crippen LogP contribution in [0.5, 0.6) is 5.88 Å². The number of aliphatic carboxylic acids is 1. The number of carbonyl (C=O) groups is 1. The Kier molecular flexibility index (Phi) is 8.16. The summed E-state index contributed by atoms with van der Waals surface area (Å²) < 4.78 is 10.9. The van der Waals surface area contributed by atoms with Crippen molar-refractivity contribution in [2.45, 2.75) is 45.3 Å². The molecule has 0 amide bonds. The molecule has 2 N–H and O–H groups in total. The molecule has 0 spiro atoms. The van der Waals surface area contributed by atoms with Crippen LogP contribution >= 0.6 is 11.6 Å². The minimum absolute atomic E-state index is 0. The van der Waals surface area contributed by atoms with Crippen molar-refractivity contribution in [2.75, 3.05) is 5.32 Å². The van der Waals surface area contributed by atoms with E-state index < -0.39 is 5.97 Å². The van der Waals surface area contributed by atoms with Gasteiger partial charge in [-0.25, -0.2) is 4.98 Å². The van der Waals surface area contributed by atoms with Gasteiger partial charge < -0.3 is 19.7 Å². The normalized spacial score (nSPS) is 17.8. The van der Waals surface area contributed by atoms with Crippen LogP contribution in [0, 0.1) is 5.92 Å². The fourth-order valence-corrected chi connectivity index (χ4v) is 3.81. The average Bonchev–Trinajstić information content (AvgIpc) is 3.40. The Balaban J connectivity index is 0.00000289. The van der Waals surface area contributed by atoms with Crippen LogP contribution in [-0.2, 0) is 4.79 Å². The molecule has 0 bridgehead atoms. The summed E-state index contributed by atoms with van der Waals surface area (Å²) in [6.07, 6.45) is 3.75. The molecule has 164 valence electrons. The first kappa shape index (κ1) is 24.5. The Hall–Kier alpha value is -2.13. The number of carboxylic acids is 1. The van der Waals surface area contributed by atoms with Crippen LogP contribution in [0.1, 0.15) is 33.1 Å². The molecule has 32 heavy (non-hydrogen) atoms. The van der Waals surface area contributed by atoms with E-state index in [0.29, 0.717) is 41.0 Å². The SMILES string of the molecule is CC(C)Oc1ncc(-c2nc(-c3ccc(N[C@H]4CC[C@@H](C(=O)O)C4)cc3)no2)cc1Cl.[NaH]. The third kappa shape index (κ3) is 5.81. The molecule has 1 saturated carbocycles. The van der Waals surface area contributed by atoms with Crippen LogP contribution in [0.15, 0.2) is 41.1 Å². The first-order chi connectivity index (χ1) is 14.9. The molecule has 0 unspecified atom stereocenters. The first-order valence-corrected chi connectivity index (χ1v) is 10.5. The number of benzene rings is 1. The molecule has 4 rings (SSSR count). The number of hydrogen-bond donors (Lipinski definition) is 2. The van der Waals surface area contributed by atoms with Crippen LogP contribution in [-0.4, -0.2) is 67.9 Å². The van der Waals surface area contributed by atoms with E-state index in [2.05, 4.69) is 20.4 Å². The molecule has 0 aliphatic heterocycles. The van der Waals surface area contributed by atoms with Crippen molar-refractivity contribution in [2.24, 2.45) is 5.92 Å². The van der Waals surface area contributed by atoms with Crippen molar-refractivity contribution >= 4 is 52.8 Å².